The molecule has 1 amide bonds. The van der Waals surface area contributed by atoms with Gasteiger partial charge in [0.15, 0.2) is 0 Å². The van der Waals surface area contributed by atoms with E-state index in [-0.39, 0.29) is 12.2 Å². The molecule has 132 valence electrons. The Morgan fingerprint density at radius 1 is 1.42 bits per heavy atom. The summed E-state index contributed by atoms with van der Waals surface area (Å²) in [4.78, 5) is 23.9. The molecule has 3 unspecified atom stereocenters. The number of rotatable bonds is 3. The minimum Gasteiger partial charge on any atom is -0.466 e. The van der Waals surface area contributed by atoms with Crippen molar-refractivity contribution in [3.8, 4) is 0 Å². The normalized spacial score (nSPS) is 27.5. The Kier molecular flexibility index (Phi) is 5.10. The van der Waals surface area contributed by atoms with E-state index in [9.17, 15) is 27.9 Å². The van der Waals surface area contributed by atoms with Crippen molar-refractivity contribution in [3.05, 3.63) is 34.9 Å². The number of esters is 1. The van der Waals surface area contributed by atoms with Crippen LogP contribution in [0.5, 0.6) is 0 Å². The summed E-state index contributed by atoms with van der Waals surface area (Å²) in [5.74, 6) is -5.49. The van der Waals surface area contributed by atoms with Gasteiger partial charge in [-0.3, -0.25) is 9.59 Å². The van der Waals surface area contributed by atoms with Gasteiger partial charge >= 0.3 is 12.1 Å². The SMILES string of the molecule is CCOC(=O)C1C(c2ccc(Cl)cc2)CC(=O)NC1(O)C(F)(F)F. The molecule has 9 heteroatoms. The van der Waals surface area contributed by atoms with Crippen LogP contribution in [-0.4, -0.2) is 35.5 Å². The van der Waals surface area contributed by atoms with Gasteiger partial charge in [0.25, 0.3) is 0 Å². The Hall–Kier alpha value is -1.80. The van der Waals surface area contributed by atoms with Gasteiger partial charge in [0.05, 0.1) is 6.61 Å². The first-order chi connectivity index (χ1) is 11.1. The van der Waals surface area contributed by atoms with Crippen molar-refractivity contribution < 1.29 is 32.6 Å². The Morgan fingerprint density at radius 3 is 2.50 bits per heavy atom. The van der Waals surface area contributed by atoms with Crippen LogP contribution in [0.25, 0.3) is 0 Å². The van der Waals surface area contributed by atoms with Gasteiger partial charge < -0.3 is 15.2 Å². The quantitative estimate of drug-likeness (QED) is 0.806. The zero-order valence-corrected chi connectivity index (χ0v) is 13.3. The van der Waals surface area contributed by atoms with E-state index in [1.54, 1.807) is 0 Å². The van der Waals surface area contributed by atoms with Crippen molar-refractivity contribution >= 4 is 23.5 Å². The number of nitrogens with one attached hydrogen (secondary N) is 1. The predicted octanol–water partition coefficient (Wildman–Crippen LogP) is 2.37. The number of carbonyl (C=O) groups is 2. The first-order valence-corrected chi connectivity index (χ1v) is 7.50. The Labute approximate surface area is 140 Å². The highest BCUT2D eigenvalue weighted by Gasteiger charge is 2.66. The molecule has 0 spiro atoms. The Bertz CT molecular complexity index is 635. The van der Waals surface area contributed by atoms with E-state index >= 15 is 0 Å². The highest BCUT2D eigenvalue weighted by atomic mass is 35.5. The summed E-state index contributed by atoms with van der Waals surface area (Å²) in [6.07, 6.45) is -5.66. The maximum Gasteiger partial charge on any atom is 0.437 e. The third kappa shape index (κ3) is 3.34. The summed E-state index contributed by atoms with van der Waals surface area (Å²) in [5.41, 5.74) is -3.44. The fraction of sp³-hybridized carbons (Fsp3) is 0.467. The topological polar surface area (TPSA) is 75.6 Å². The molecule has 0 saturated carbocycles. The van der Waals surface area contributed by atoms with Crippen LogP contribution in [0, 0.1) is 5.92 Å². The molecule has 0 aromatic heterocycles. The lowest BCUT2D eigenvalue weighted by Gasteiger charge is -2.43. The summed E-state index contributed by atoms with van der Waals surface area (Å²) in [6, 6.07) is 5.68. The first-order valence-electron chi connectivity index (χ1n) is 7.12. The van der Waals surface area contributed by atoms with Gasteiger partial charge in [-0.25, -0.2) is 0 Å². The minimum atomic E-state index is -5.26. The molecule has 1 fully saturated rings. The van der Waals surface area contributed by atoms with E-state index in [0.29, 0.717) is 5.02 Å². The molecule has 1 aromatic rings. The van der Waals surface area contributed by atoms with Crippen molar-refractivity contribution in [2.75, 3.05) is 6.61 Å². The average molecular weight is 366 g/mol. The van der Waals surface area contributed by atoms with E-state index in [2.05, 4.69) is 0 Å². The molecule has 24 heavy (non-hydrogen) atoms. The van der Waals surface area contributed by atoms with Crippen LogP contribution in [-0.2, 0) is 14.3 Å². The van der Waals surface area contributed by atoms with Crippen molar-refractivity contribution in [3.63, 3.8) is 0 Å². The molecule has 1 aliphatic heterocycles. The van der Waals surface area contributed by atoms with Crippen LogP contribution in [0.2, 0.25) is 5.02 Å². The molecule has 0 radical (unpaired) electrons. The lowest BCUT2D eigenvalue weighted by atomic mass is 9.74. The molecule has 2 N–H and O–H groups in total. The molecular formula is C15H15ClF3NO4. The zero-order valence-electron chi connectivity index (χ0n) is 12.6. The monoisotopic (exact) mass is 365 g/mol. The van der Waals surface area contributed by atoms with Crippen LogP contribution in [0.4, 0.5) is 13.2 Å². The van der Waals surface area contributed by atoms with E-state index in [0.717, 1.165) is 0 Å². The first kappa shape index (κ1) is 18.5. The van der Waals surface area contributed by atoms with Gasteiger partial charge in [-0.1, -0.05) is 23.7 Å². The Balaban J connectivity index is 2.55. The number of hydrogen-bond donors (Lipinski definition) is 2. The molecule has 1 heterocycles. The molecule has 1 aromatic carbocycles. The highest BCUT2D eigenvalue weighted by Crippen LogP contribution is 2.46. The van der Waals surface area contributed by atoms with Gasteiger partial charge in [0, 0.05) is 17.4 Å². The number of aliphatic hydroxyl groups is 1. The van der Waals surface area contributed by atoms with Gasteiger partial charge in [0.1, 0.15) is 5.92 Å². The zero-order chi connectivity index (χ0) is 18.1. The number of halogens is 4. The lowest BCUT2D eigenvalue weighted by Crippen LogP contribution is -2.69. The van der Waals surface area contributed by atoms with Crippen LogP contribution in [0.1, 0.15) is 24.8 Å². The Morgan fingerprint density at radius 2 is 2.00 bits per heavy atom. The highest BCUT2D eigenvalue weighted by molar-refractivity contribution is 6.30. The van der Waals surface area contributed by atoms with E-state index in [4.69, 9.17) is 16.3 Å². The van der Waals surface area contributed by atoms with Crippen molar-refractivity contribution in [2.24, 2.45) is 5.92 Å². The van der Waals surface area contributed by atoms with E-state index < -0.39 is 42.0 Å². The molecule has 0 bridgehead atoms. The number of hydrogen-bond acceptors (Lipinski definition) is 4. The third-order valence-electron chi connectivity index (χ3n) is 3.86. The second-order valence-electron chi connectivity index (χ2n) is 5.40. The van der Waals surface area contributed by atoms with Gasteiger partial charge in [-0.05, 0) is 24.6 Å². The number of carbonyl (C=O) groups excluding carboxylic acids is 2. The molecule has 2 rings (SSSR count). The molecule has 1 aliphatic rings. The fourth-order valence-electron chi connectivity index (χ4n) is 2.78. The average Bonchev–Trinajstić information content (AvgIpc) is 2.46. The maximum absolute atomic E-state index is 13.4. The van der Waals surface area contributed by atoms with Crippen LogP contribution in [0.3, 0.4) is 0 Å². The van der Waals surface area contributed by atoms with E-state index in [1.165, 1.54) is 36.5 Å². The van der Waals surface area contributed by atoms with Crippen LogP contribution < -0.4 is 5.32 Å². The summed E-state index contributed by atoms with van der Waals surface area (Å²) >= 11 is 5.76. The summed E-state index contributed by atoms with van der Waals surface area (Å²) in [6.45, 7) is 1.27. The van der Waals surface area contributed by atoms with Crippen molar-refractivity contribution in [1.29, 1.82) is 0 Å². The molecular weight excluding hydrogens is 351 g/mol. The van der Waals surface area contributed by atoms with Gasteiger partial charge in [-0.15, -0.1) is 0 Å². The second-order valence-corrected chi connectivity index (χ2v) is 5.84. The molecule has 1 saturated heterocycles. The third-order valence-corrected chi connectivity index (χ3v) is 4.11. The smallest absolute Gasteiger partial charge is 0.437 e. The number of amides is 1. The van der Waals surface area contributed by atoms with Gasteiger partial charge in [0.2, 0.25) is 11.6 Å². The fourth-order valence-corrected chi connectivity index (χ4v) is 2.91. The number of benzene rings is 1. The number of piperidine rings is 1. The summed E-state index contributed by atoms with van der Waals surface area (Å²) in [7, 11) is 0. The molecule has 0 aliphatic carbocycles. The maximum atomic E-state index is 13.4. The summed E-state index contributed by atoms with van der Waals surface area (Å²) < 4.78 is 44.9. The summed E-state index contributed by atoms with van der Waals surface area (Å²) in [5, 5.41) is 12.0. The lowest BCUT2D eigenvalue weighted by molar-refractivity contribution is -0.296. The second kappa shape index (κ2) is 6.60. The van der Waals surface area contributed by atoms with Crippen LogP contribution >= 0.6 is 11.6 Å². The van der Waals surface area contributed by atoms with Gasteiger partial charge in [-0.2, -0.15) is 13.2 Å². The van der Waals surface area contributed by atoms with Crippen molar-refractivity contribution in [2.45, 2.75) is 31.2 Å². The molecule has 3 atom stereocenters. The van der Waals surface area contributed by atoms with E-state index in [1.807, 2.05) is 0 Å². The predicted molar refractivity (Wildman–Crippen MR) is 78.1 cm³/mol. The molecule has 5 nitrogen and oxygen atoms in total. The largest absolute Gasteiger partial charge is 0.466 e. The minimum absolute atomic E-state index is 0.162. The number of ether oxygens (including phenoxy) is 1. The number of alkyl halides is 3. The van der Waals surface area contributed by atoms with Crippen LogP contribution in [0.15, 0.2) is 24.3 Å². The standard InChI is InChI=1S/C15H15ClF3NO4/c1-2-24-13(22)12-10(8-3-5-9(16)6-4-8)7-11(21)20-14(12,23)15(17,18)19/h3-6,10,12,23H,2,7H2,1H3,(H,20,21). The van der Waals surface area contributed by atoms with Crippen molar-refractivity contribution in [1.82, 2.24) is 5.32 Å².